The summed E-state index contributed by atoms with van der Waals surface area (Å²) < 4.78 is 2.03. The van der Waals surface area contributed by atoms with Crippen LogP contribution in [0.1, 0.15) is 28.1 Å². The molecule has 0 amide bonds. The lowest BCUT2D eigenvalue weighted by atomic mass is 10.1. The Bertz CT molecular complexity index is 708. The second kappa shape index (κ2) is 6.99. The fraction of sp³-hybridized carbons (Fsp3) is 0.211. The highest BCUT2D eigenvalue weighted by Crippen LogP contribution is 2.16. The third-order valence-electron chi connectivity index (χ3n) is 3.87. The second-order valence-electron chi connectivity index (χ2n) is 5.78. The SMILES string of the molecule is Cc1ccc(Cc2cc(CN)nn2Cc2ccc(Cl)cc2)cc1. The average Bonchev–Trinajstić information content (AvgIpc) is 2.94. The van der Waals surface area contributed by atoms with E-state index in [9.17, 15) is 0 Å². The Hall–Kier alpha value is -2.10. The third kappa shape index (κ3) is 4.01. The van der Waals surface area contributed by atoms with E-state index in [0.717, 1.165) is 23.7 Å². The predicted molar refractivity (Wildman–Crippen MR) is 94.7 cm³/mol. The van der Waals surface area contributed by atoms with Crippen molar-refractivity contribution >= 4 is 11.6 Å². The molecule has 23 heavy (non-hydrogen) atoms. The molecule has 0 aliphatic carbocycles. The van der Waals surface area contributed by atoms with E-state index in [-0.39, 0.29) is 0 Å². The summed E-state index contributed by atoms with van der Waals surface area (Å²) in [4.78, 5) is 0. The van der Waals surface area contributed by atoms with Gasteiger partial charge in [-0.1, -0.05) is 53.6 Å². The zero-order chi connectivity index (χ0) is 16.2. The number of aryl methyl sites for hydroxylation is 1. The van der Waals surface area contributed by atoms with Gasteiger partial charge in [0.2, 0.25) is 0 Å². The molecule has 0 bridgehead atoms. The molecular formula is C19H20ClN3. The van der Waals surface area contributed by atoms with Crippen molar-refractivity contribution in [2.45, 2.75) is 26.4 Å². The van der Waals surface area contributed by atoms with Gasteiger partial charge in [0.05, 0.1) is 12.2 Å². The van der Waals surface area contributed by atoms with Crippen LogP contribution in [-0.2, 0) is 19.5 Å². The molecule has 1 aromatic heterocycles. The molecule has 1 heterocycles. The molecule has 3 aromatic rings. The zero-order valence-electron chi connectivity index (χ0n) is 13.2. The molecule has 3 rings (SSSR count). The standard InChI is InChI=1S/C19H20ClN3/c1-14-2-4-15(5-3-14)10-19-11-18(12-21)22-23(19)13-16-6-8-17(20)9-7-16/h2-9,11H,10,12-13,21H2,1H3. The van der Waals surface area contributed by atoms with E-state index in [4.69, 9.17) is 17.3 Å². The quantitative estimate of drug-likeness (QED) is 0.772. The van der Waals surface area contributed by atoms with Crippen LogP contribution in [0.4, 0.5) is 0 Å². The molecule has 0 saturated carbocycles. The Balaban J connectivity index is 1.85. The Morgan fingerprint density at radius 2 is 1.65 bits per heavy atom. The van der Waals surface area contributed by atoms with Crippen LogP contribution in [-0.4, -0.2) is 9.78 Å². The lowest BCUT2D eigenvalue weighted by Gasteiger charge is -2.08. The van der Waals surface area contributed by atoms with E-state index in [2.05, 4.69) is 42.4 Å². The van der Waals surface area contributed by atoms with Crippen LogP contribution < -0.4 is 5.73 Å². The van der Waals surface area contributed by atoms with E-state index >= 15 is 0 Å². The molecule has 0 radical (unpaired) electrons. The van der Waals surface area contributed by atoms with Gasteiger partial charge in [0.1, 0.15) is 0 Å². The molecule has 0 unspecified atom stereocenters. The number of halogens is 1. The van der Waals surface area contributed by atoms with Crippen LogP contribution in [0.15, 0.2) is 54.6 Å². The normalized spacial score (nSPS) is 10.9. The predicted octanol–water partition coefficient (Wildman–Crippen LogP) is 3.94. The van der Waals surface area contributed by atoms with E-state index in [1.165, 1.54) is 22.4 Å². The number of nitrogens with zero attached hydrogens (tertiary/aromatic N) is 2. The third-order valence-corrected chi connectivity index (χ3v) is 4.13. The number of hydrogen-bond donors (Lipinski definition) is 1. The largest absolute Gasteiger partial charge is 0.325 e. The van der Waals surface area contributed by atoms with Crippen LogP contribution in [0.3, 0.4) is 0 Å². The van der Waals surface area contributed by atoms with Gasteiger partial charge in [-0.05, 0) is 36.2 Å². The zero-order valence-corrected chi connectivity index (χ0v) is 13.9. The van der Waals surface area contributed by atoms with Crippen LogP contribution in [0.5, 0.6) is 0 Å². The summed E-state index contributed by atoms with van der Waals surface area (Å²) in [6.45, 7) is 3.27. The summed E-state index contributed by atoms with van der Waals surface area (Å²) >= 11 is 5.95. The van der Waals surface area contributed by atoms with Crippen LogP contribution in [0.2, 0.25) is 5.02 Å². The van der Waals surface area contributed by atoms with Crippen molar-refractivity contribution in [3.05, 3.63) is 87.7 Å². The van der Waals surface area contributed by atoms with E-state index in [1.807, 2.05) is 28.9 Å². The van der Waals surface area contributed by atoms with Crippen molar-refractivity contribution < 1.29 is 0 Å². The molecule has 0 atom stereocenters. The van der Waals surface area contributed by atoms with Gasteiger partial charge in [0.15, 0.2) is 0 Å². The van der Waals surface area contributed by atoms with Gasteiger partial charge in [-0.3, -0.25) is 4.68 Å². The minimum absolute atomic E-state index is 0.453. The maximum atomic E-state index is 5.95. The fourth-order valence-corrected chi connectivity index (χ4v) is 2.70. The first kappa shape index (κ1) is 15.8. The summed E-state index contributed by atoms with van der Waals surface area (Å²) in [5, 5.41) is 5.37. The number of nitrogens with two attached hydrogens (primary N) is 1. The maximum Gasteiger partial charge on any atom is 0.0763 e. The number of rotatable bonds is 5. The van der Waals surface area contributed by atoms with Gasteiger partial charge in [-0.15, -0.1) is 0 Å². The van der Waals surface area contributed by atoms with Crippen molar-refractivity contribution in [2.24, 2.45) is 5.73 Å². The van der Waals surface area contributed by atoms with Crippen molar-refractivity contribution in [3.63, 3.8) is 0 Å². The number of aromatic nitrogens is 2. The molecule has 2 aromatic carbocycles. The van der Waals surface area contributed by atoms with Crippen molar-refractivity contribution in [1.82, 2.24) is 9.78 Å². The topological polar surface area (TPSA) is 43.8 Å². The smallest absolute Gasteiger partial charge is 0.0763 e. The van der Waals surface area contributed by atoms with Gasteiger partial charge in [0.25, 0.3) is 0 Å². The van der Waals surface area contributed by atoms with Crippen molar-refractivity contribution in [3.8, 4) is 0 Å². The molecule has 0 fully saturated rings. The van der Waals surface area contributed by atoms with Crippen molar-refractivity contribution in [1.29, 1.82) is 0 Å². The summed E-state index contributed by atoms with van der Waals surface area (Å²) in [6.07, 6.45) is 0.848. The molecule has 118 valence electrons. The minimum Gasteiger partial charge on any atom is -0.325 e. The first-order chi connectivity index (χ1) is 11.1. The average molecular weight is 326 g/mol. The monoisotopic (exact) mass is 325 g/mol. The molecule has 2 N–H and O–H groups in total. The molecule has 3 nitrogen and oxygen atoms in total. The highest BCUT2D eigenvalue weighted by atomic mass is 35.5. The van der Waals surface area contributed by atoms with E-state index in [0.29, 0.717) is 6.54 Å². The number of hydrogen-bond acceptors (Lipinski definition) is 2. The highest BCUT2D eigenvalue weighted by Gasteiger charge is 2.09. The summed E-state index contributed by atoms with van der Waals surface area (Å²) in [5.41, 5.74) is 11.6. The van der Waals surface area contributed by atoms with Gasteiger partial charge in [-0.25, -0.2) is 0 Å². The van der Waals surface area contributed by atoms with E-state index < -0.39 is 0 Å². The first-order valence-corrected chi connectivity index (χ1v) is 8.07. The van der Waals surface area contributed by atoms with Crippen LogP contribution >= 0.6 is 11.6 Å². The highest BCUT2D eigenvalue weighted by molar-refractivity contribution is 6.30. The minimum atomic E-state index is 0.453. The summed E-state index contributed by atoms with van der Waals surface area (Å²) in [7, 11) is 0. The van der Waals surface area contributed by atoms with E-state index in [1.54, 1.807) is 0 Å². The van der Waals surface area contributed by atoms with Crippen LogP contribution in [0, 0.1) is 6.92 Å². The lowest BCUT2D eigenvalue weighted by Crippen LogP contribution is -2.07. The number of benzene rings is 2. The van der Waals surface area contributed by atoms with Gasteiger partial charge < -0.3 is 5.73 Å². The van der Waals surface area contributed by atoms with Gasteiger partial charge in [0, 0.05) is 23.7 Å². The molecule has 0 saturated heterocycles. The summed E-state index contributed by atoms with van der Waals surface area (Å²) in [6, 6.07) is 18.6. The lowest BCUT2D eigenvalue weighted by molar-refractivity contribution is 0.643. The second-order valence-corrected chi connectivity index (χ2v) is 6.21. The molecular weight excluding hydrogens is 306 g/mol. The van der Waals surface area contributed by atoms with Gasteiger partial charge >= 0.3 is 0 Å². The van der Waals surface area contributed by atoms with Crippen molar-refractivity contribution in [2.75, 3.05) is 0 Å². The molecule has 0 aliphatic heterocycles. The fourth-order valence-electron chi connectivity index (χ4n) is 2.57. The Kier molecular flexibility index (Phi) is 4.79. The molecule has 4 heteroatoms. The first-order valence-electron chi connectivity index (χ1n) is 7.69. The molecule has 0 aliphatic rings. The Morgan fingerprint density at radius 3 is 2.30 bits per heavy atom. The van der Waals surface area contributed by atoms with Crippen LogP contribution in [0.25, 0.3) is 0 Å². The Morgan fingerprint density at radius 1 is 1.00 bits per heavy atom. The Labute approximate surface area is 141 Å². The maximum absolute atomic E-state index is 5.95. The summed E-state index contributed by atoms with van der Waals surface area (Å²) in [5.74, 6) is 0. The molecule has 0 spiro atoms. The van der Waals surface area contributed by atoms with Gasteiger partial charge in [-0.2, -0.15) is 5.10 Å².